The molecule has 4 fully saturated rings. The maximum atomic E-state index is 12.3. The second-order valence-electron chi connectivity index (χ2n) is 16.6. The average molecular weight is 774 g/mol. The van der Waals surface area contributed by atoms with E-state index in [-0.39, 0.29) is 47.5 Å². The first-order valence-electron chi connectivity index (χ1n) is 20.5. The van der Waals surface area contributed by atoms with Gasteiger partial charge in [0.05, 0.1) is 17.1 Å². The highest BCUT2D eigenvalue weighted by Gasteiger charge is 2.33. The summed E-state index contributed by atoms with van der Waals surface area (Å²) in [5.74, 6) is 1.56. The molecule has 3 saturated heterocycles. The molecule has 1 saturated carbocycles. The SMILES string of the molecule is C[C@@H]1CC(c2ncc(C3CCN(C4CCC(c5cccc(N[C@H]6CCC(=O)NC6=O)c5O)CC4)CC3)cn2)[C@H]([NH-])CN(c2cc(-c3ccccc3O)nnc2N)C1. The lowest BCUT2D eigenvalue weighted by Crippen LogP contribution is -2.47. The Morgan fingerprint density at radius 1 is 0.895 bits per heavy atom. The topological polar surface area (TPSA) is 207 Å². The number of nitrogens with zero attached hydrogens (tertiary/aromatic N) is 6. The quantitative estimate of drug-likeness (QED) is 0.102. The van der Waals surface area contributed by atoms with Gasteiger partial charge in [-0.15, -0.1) is 16.2 Å². The van der Waals surface area contributed by atoms with Crippen LogP contribution in [0.25, 0.3) is 17.0 Å². The number of amides is 2. The lowest BCUT2D eigenvalue weighted by molar-refractivity contribution is -0.133. The minimum atomic E-state index is -0.537. The van der Waals surface area contributed by atoms with Crippen LogP contribution in [-0.2, 0) is 9.59 Å². The van der Waals surface area contributed by atoms with E-state index >= 15 is 0 Å². The summed E-state index contributed by atoms with van der Waals surface area (Å²) in [6.45, 7) is 5.40. The van der Waals surface area contributed by atoms with Crippen LogP contribution in [0.5, 0.6) is 11.5 Å². The molecule has 4 aliphatic rings. The Morgan fingerprint density at radius 3 is 2.39 bits per heavy atom. The lowest BCUT2D eigenvalue weighted by Gasteiger charge is -2.41. The number of nitrogens with two attached hydrogens (primary N) is 1. The van der Waals surface area contributed by atoms with E-state index in [9.17, 15) is 25.5 Å². The average Bonchev–Trinajstić information content (AvgIpc) is 3.37. The van der Waals surface area contributed by atoms with E-state index in [1.165, 1.54) is 5.56 Å². The highest BCUT2D eigenvalue weighted by molar-refractivity contribution is 6.01. The number of imide groups is 1. The van der Waals surface area contributed by atoms with Gasteiger partial charge in [-0.1, -0.05) is 31.2 Å². The molecule has 14 nitrogen and oxygen atoms in total. The summed E-state index contributed by atoms with van der Waals surface area (Å²) in [5, 5.41) is 35.6. The van der Waals surface area contributed by atoms with Gasteiger partial charge in [0.15, 0.2) is 5.82 Å². The Bertz CT molecular complexity index is 2070. The van der Waals surface area contributed by atoms with Crippen molar-refractivity contribution in [3.63, 3.8) is 0 Å². The fraction of sp³-hybridized carbons (Fsp3) is 0.488. The molecule has 2 aromatic carbocycles. The van der Waals surface area contributed by atoms with Gasteiger partial charge < -0.3 is 36.8 Å². The highest BCUT2D eigenvalue weighted by Crippen LogP contribution is 2.43. The third-order valence-electron chi connectivity index (χ3n) is 12.7. The molecule has 0 spiro atoms. The van der Waals surface area contributed by atoms with Crippen LogP contribution in [0.3, 0.4) is 0 Å². The first-order chi connectivity index (χ1) is 27.6. The molecule has 0 bridgehead atoms. The summed E-state index contributed by atoms with van der Waals surface area (Å²) in [7, 11) is 0. The zero-order valence-electron chi connectivity index (χ0n) is 32.5. The molecule has 0 radical (unpaired) electrons. The largest absolute Gasteiger partial charge is 0.673 e. The molecule has 3 aliphatic heterocycles. The molecule has 7 N–H and O–H groups in total. The number of phenols is 2. The Morgan fingerprint density at radius 2 is 1.65 bits per heavy atom. The zero-order valence-corrected chi connectivity index (χ0v) is 32.5. The van der Waals surface area contributed by atoms with Crippen molar-refractivity contribution in [3.8, 4) is 22.8 Å². The van der Waals surface area contributed by atoms with Crippen molar-refractivity contribution in [2.45, 2.75) is 101 Å². The predicted octanol–water partition coefficient (Wildman–Crippen LogP) is 6.10. The van der Waals surface area contributed by atoms with Gasteiger partial charge in [0.1, 0.15) is 23.4 Å². The number of nitrogens with one attached hydrogen (secondary N) is 3. The molecule has 300 valence electrons. The number of carbonyl (C=O) groups excluding carboxylic acids is 2. The number of piperidine rings is 2. The van der Waals surface area contributed by atoms with Gasteiger partial charge in [0.25, 0.3) is 0 Å². The van der Waals surface area contributed by atoms with Gasteiger partial charge in [-0.05, 0) is 118 Å². The number of benzene rings is 2. The van der Waals surface area contributed by atoms with Crippen LogP contribution in [0.15, 0.2) is 60.9 Å². The van der Waals surface area contributed by atoms with Crippen LogP contribution in [0.1, 0.15) is 99.4 Å². The number of hydrogen-bond acceptors (Lipinski definition) is 12. The summed E-state index contributed by atoms with van der Waals surface area (Å²) >= 11 is 0. The van der Waals surface area contributed by atoms with Gasteiger partial charge in [-0.25, -0.2) is 9.97 Å². The zero-order chi connectivity index (χ0) is 39.6. The summed E-state index contributed by atoms with van der Waals surface area (Å²) in [6.07, 6.45) is 11.7. The molecule has 8 rings (SSSR count). The van der Waals surface area contributed by atoms with Crippen LogP contribution < -0.4 is 21.3 Å². The molecule has 4 aromatic rings. The van der Waals surface area contributed by atoms with Crippen LogP contribution in [-0.4, -0.2) is 91.4 Å². The smallest absolute Gasteiger partial charge is 0.249 e. The fourth-order valence-electron chi connectivity index (χ4n) is 9.56. The molecule has 57 heavy (non-hydrogen) atoms. The standard InChI is InChI=1S/C43H53N10O4/c1-25-19-32(33(44)24-53(23-25)37-20-36(50-51-41(37)45)31-5-2-3-8-38(31)54)42-46-21-28(22-47-42)26-15-17-52(18-16-26)29-11-9-27(10-12-29)30-6-4-7-34(40(30)56)48-35-13-14-39(55)49-43(35)57/h2-8,20-22,25-27,29,32-33,35,44,48,54,56H,9-19,23-24H2,1H3,(H2,45,51)(H,49,55,57)/q-1/t25-,27?,29?,32?,33-,35+/m1/s1. The van der Waals surface area contributed by atoms with E-state index in [2.05, 4.69) is 37.6 Å². The number of anilines is 3. The molecule has 1 unspecified atom stereocenters. The van der Waals surface area contributed by atoms with Crippen LogP contribution >= 0.6 is 0 Å². The van der Waals surface area contributed by atoms with Crippen LogP contribution in [0, 0.1) is 5.92 Å². The van der Waals surface area contributed by atoms with E-state index in [0.29, 0.717) is 59.9 Å². The molecule has 1 aliphatic carbocycles. The maximum absolute atomic E-state index is 12.3. The predicted molar refractivity (Wildman–Crippen MR) is 219 cm³/mol. The van der Waals surface area contributed by atoms with Gasteiger partial charge in [-0.3, -0.25) is 14.9 Å². The van der Waals surface area contributed by atoms with Gasteiger partial charge in [-0.2, -0.15) is 0 Å². The molecule has 4 atom stereocenters. The number of hydrogen-bond donors (Lipinski definition) is 5. The monoisotopic (exact) mass is 773 g/mol. The summed E-state index contributed by atoms with van der Waals surface area (Å²) in [5.41, 5.74) is 20.0. The third kappa shape index (κ3) is 8.38. The molecule has 14 heteroatoms. The fourth-order valence-corrected chi connectivity index (χ4v) is 9.56. The Kier molecular flexibility index (Phi) is 11.2. The van der Waals surface area contributed by atoms with Crippen molar-refractivity contribution < 1.29 is 19.8 Å². The van der Waals surface area contributed by atoms with Crippen molar-refractivity contribution in [2.24, 2.45) is 5.92 Å². The number of rotatable bonds is 8. The summed E-state index contributed by atoms with van der Waals surface area (Å²) in [4.78, 5) is 38.4. The molecule has 2 amide bonds. The first-order valence-corrected chi connectivity index (χ1v) is 20.5. The van der Waals surface area contributed by atoms with Crippen molar-refractivity contribution in [1.29, 1.82) is 0 Å². The third-order valence-corrected chi connectivity index (χ3v) is 12.7. The molecule has 5 heterocycles. The minimum Gasteiger partial charge on any atom is -0.673 e. The van der Waals surface area contributed by atoms with E-state index in [1.54, 1.807) is 24.3 Å². The van der Waals surface area contributed by atoms with Crippen molar-refractivity contribution in [1.82, 2.24) is 30.4 Å². The van der Waals surface area contributed by atoms with Crippen molar-refractivity contribution in [3.05, 3.63) is 83.6 Å². The molecule has 2 aromatic heterocycles. The molecular formula is C43H53N10O4-. The maximum Gasteiger partial charge on any atom is 0.249 e. The number of aromatic nitrogens is 4. The number of likely N-dealkylation sites (tertiary alicyclic amines) is 1. The van der Waals surface area contributed by atoms with E-state index < -0.39 is 12.1 Å². The van der Waals surface area contributed by atoms with E-state index in [1.807, 2.05) is 36.7 Å². The highest BCUT2D eigenvalue weighted by atomic mass is 16.3. The Labute approximate surface area is 333 Å². The number of para-hydroxylation sites is 2. The second-order valence-corrected chi connectivity index (χ2v) is 16.6. The normalized spacial score (nSPS) is 26.5. The van der Waals surface area contributed by atoms with Crippen molar-refractivity contribution in [2.75, 3.05) is 42.1 Å². The van der Waals surface area contributed by atoms with Gasteiger partial charge in [0, 0.05) is 49.4 Å². The van der Waals surface area contributed by atoms with E-state index in [4.69, 9.17) is 15.7 Å². The number of carbonyl (C=O) groups is 2. The minimum absolute atomic E-state index is 0.115. The number of aromatic hydroxyl groups is 2. The van der Waals surface area contributed by atoms with E-state index in [0.717, 1.165) is 69.4 Å². The number of phenolic OH excluding ortho intramolecular Hbond substituents is 2. The van der Waals surface area contributed by atoms with Gasteiger partial charge in [0.2, 0.25) is 11.8 Å². The first kappa shape index (κ1) is 38.5. The van der Waals surface area contributed by atoms with Crippen molar-refractivity contribution >= 4 is 29.0 Å². The Balaban J connectivity index is 0.841. The lowest BCUT2D eigenvalue weighted by atomic mass is 9.79. The molecular weight excluding hydrogens is 721 g/mol. The second kappa shape index (κ2) is 16.6. The van der Waals surface area contributed by atoms with Crippen LogP contribution in [0.4, 0.5) is 17.2 Å². The summed E-state index contributed by atoms with van der Waals surface area (Å²) < 4.78 is 0. The number of nitrogen functional groups attached to an aromatic ring is 1. The Hall–Kier alpha value is -5.34. The van der Waals surface area contributed by atoms with Gasteiger partial charge >= 0.3 is 0 Å². The van der Waals surface area contributed by atoms with Crippen LogP contribution in [0.2, 0.25) is 0 Å². The summed E-state index contributed by atoms with van der Waals surface area (Å²) in [6, 6.07) is 14.1.